The largest absolute Gasteiger partial charge is 0.508 e. The van der Waals surface area contributed by atoms with Gasteiger partial charge in [0.05, 0.1) is 19.6 Å². The first-order valence-electron chi connectivity index (χ1n) is 15.6. The van der Waals surface area contributed by atoms with E-state index in [4.69, 9.17) is 23.7 Å². The second-order valence-corrected chi connectivity index (χ2v) is 10.5. The summed E-state index contributed by atoms with van der Waals surface area (Å²) in [7, 11) is 3.93. The molecule has 0 aromatic carbocycles. The van der Waals surface area contributed by atoms with Gasteiger partial charge in [0.2, 0.25) is 0 Å². The van der Waals surface area contributed by atoms with E-state index in [-0.39, 0.29) is 25.3 Å². The van der Waals surface area contributed by atoms with E-state index in [1.807, 2.05) is 19.0 Å². The topological polar surface area (TPSA) is 83.5 Å². The fraction of sp³-hybridized carbons (Fsp3) is 0.903. The van der Waals surface area contributed by atoms with Crippen molar-refractivity contribution in [2.24, 2.45) is 0 Å². The van der Waals surface area contributed by atoms with Crippen LogP contribution in [0.4, 0.5) is 4.79 Å². The van der Waals surface area contributed by atoms with E-state index in [2.05, 4.69) is 20.8 Å². The highest BCUT2D eigenvalue weighted by Gasteiger charge is 2.17. The van der Waals surface area contributed by atoms with Crippen molar-refractivity contribution in [3.05, 3.63) is 6.92 Å². The summed E-state index contributed by atoms with van der Waals surface area (Å²) in [6, 6.07) is 0. The van der Waals surface area contributed by atoms with Gasteiger partial charge in [-0.1, -0.05) is 78.1 Å². The summed E-state index contributed by atoms with van der Waals surface area (Å²) in [5, 5.41) is 0. The predicted octanol–water partition coefficient (Wildman–Crippen LogP) is 7.48. The molecule has 0 aromatic rings. The molecule has 0 heterocycles. The highest BCUT2D eigenvalue weighted by atomic mass is 16.7. The molecule has 1 unspecified atom stereocenters. The van der Waals surface area contributed by atoms with Gasteiger partial charge in [-0.2, -0.15) is 0 Å². The molecule has 39 heavy (non-hydrogen) atoms. The van der Waals surface area contributed by atoms with Crippen LogP contribution in [0, 0.1) is 6.92 Å². The number of carbonyl (C=O) groups excluding carboxylic acids is 2. The molecule has 0 amide bonds. The standard InChI is InChI=1S/C31H60NO7/c1-6-9-11-13-15-17-24-36-30(37-25-18-16-14-12-10-7-2)21-20-29(33)35-27-22-28(8-3)39-31(34)38-26-19-23-32(4)5/h28,30H,3,6-27H2,1-2,4-5H3. The average Bonchev–Trinajstić information content (AvgIpc) is 2.91. The Balaban J connectivity index is 4.26. The maximum absolute atomic E-state index is 12.3. The molecule has 0 N–H and O–H groups in total. The Hall–Kier alpha value is -1.38. The SMILES string of the molecule is [CH2]CC(CCOC(=O)CCC(OCCCCCCCC)OCCCCCCCC)OC(=O)OCCCN(C)C. The lowest BCUT2D eigenvalue weighted by Gasteiger charge is -2.19. The second kappa shape index (κ2) is 28.2. The van der Waals surface area contributed by atoms with Crippen molar-refractivity contribution in [3.63, 3.8) is 0 Å². The van der Waals surface area contributed by atoms with Crippen LogP contribution in [0.25, 0.3) is 0 Å². The van der Waals surface area contributed by atoms with Crippen LogP contribution in [0.1, 0.15) is 123 Å². The molecule has 0 aliphatic rings. The number of unbranched alkanes of at least 4 members (excludes halogenated alkanes) is 10. The first-order valence-corrected chi connectivity index (χ1v) is 15.6. The van der Waals surface area contributed by atoms with Crippen molar-refractivity contribution in [2.45, 2.75) is 135 Å². The Morgan fingerprint density at radius 3 is 1.79 bits per heavy atom. The molecular weight excluding hydrogens is 498 g/mol. The zero-order valence-corrected chi connectivity index (χ0v) is 25.7. The summed E-state index contributed by atoms with van der Waals surface area (Å²) in [5.74, 6) is -0.305. The van der Waals surface area contributed by atoms with Crippen LogP contribution in [-0.2, 0) is 28.5 Å². The van der Waals surface area contributed by atoms with Crippen LogP contribution < -0.4 is 0 Å². The van der Waals surface area contributed by atoms with E-state index in [1.54, 1.807) is 0 Å². The van der Waals surface area contributed by atoms with E-state index in [1.165, 1.54) is 51.4 Å². The van der Waals surface area contributed by atoms with Crippen molar-refractivity contribution in [1.29, 1.82) is 0 Å². The van der Waals surface area contributed by atoms with Crippen molar-refractivity contribution in [2.75, 3.05) is 47.1 Å². The van der Waals surface area contributed by atoms with Crippen molar-refractivity contribution in [1.82, 2.24) is 4.90 Å². The van der Waals surface area contributed by atoms with Gasteiger partial charge >= 0.3 is 12.1 Å². The molecule has 8 nitrogen and oxygen atoms in total. The lowest BCUT2D eigenvalue weighted by atomic mass is 10.1. The number of nitrogens with zero attached hydrogens (tertiary/aromatic N) is 1. The summed E-state index contributed by atoms with van der Waals surface area (Å²) in [4.78, 5) is 26.2. The van der Waals surface area contributed by atoms with Gasteiger partial charge in [-0.15, -0.1) is 0 Å². The van der Waals surface area contributed by atoms with Crippen molar-refractivity contribution >= 4 is 12.1 Å². The first kappa shape index (κ1) is 37.6. The van der Waals surface area contributed by atoms with Gasteiger partial charge in [0.15, 0.2) is 6.29 Å². The maximum Gasteiger partial charge on any atom is 0.508 e. The van der Waals surface area contributed by atoms with E-state index in [0.717, 1.165) is 38.6 Å². The Kier molecular flexibility index (Phi) is 27.2. The second-order valence-electron chi connectivity index (χ2n) is 10.5. The Bertz CT molecular complexity index is 541. The van der Waals surface area contributed by atoms with Crippen LogP contribution in [0.5, 0.6) is 0 Å². The zero-order chi connectivity index (χ0) is 29.0. The third-order valence-electron chi connectivity index (χ3n) is 6.44. The lowest BCUT2D eigenvalue weighted by Crippen LogP contribution is -2.23. The van der Waals surface area contributed by atoms with E-state index in [9.17, 15) is 9.59 Å². The van der Waals surface area contributed by atoms with Crippen LogP contribution >= 0.6 is 0 Å². The van der Waals surface area contributed by atoms with Gasteiger partial charge in [0.1, 0.15) is 6.10 Å². The Morgan fingerprint density at radius 2 is 1.26 bits per heavy atom. The molecule has 0 aromatic heterocycles. The van der Waals surface area contributed by atoms with Crippen molar-refractivity contribution < 1.29 is 33.3 Å². The Labute approximate surface area is 239 Å². The van der Waals surface area contributed by atoms with Crippen molar-refractivity contribution in [3.8, 4) is 0 Å². The van der Waals surface area contributed by atoms with Gasteiger partial charge in [0.25, 0.3) is 0 Å². The minimum absolute atomic E-state index is 0.162. The lowest BCUT2D eigenvalue weighted by molar-refractivity contribution is -0.159. The molecule has 0 aliphatic carbocycles. The smallest absolute Gasteiger partial charge is 0.466 e. The number of carbonyl (C=O) groups is 2. The molecule has 1 radical (unpaired) electrons. The molecule has 1 atom stereocenters. The van der Waals surface area contributed by atoms with E-state index in [0.29, 0.717) is 39.1 Å². The molecule has 0 spiro atoms. The Morgan fingerprint density at radius 1 is 0.692 bits per heavy atom. The van der Waals surface area contributed by atoms with Gasteiger partial charge in [-0.3, -0.25) is 4.79 Å². The first-order chi connectivity index (χ1) is 18.9. The minimum Gasteiger partial charge on any atom is -0.466 e. The molecule has 8 heteroatoms. The molecule has 0 rings (SSSR count). The number of ether oxygens (including phenoxy) is 5. The van der Waals surface area contributed by atoms with Crippen LogP contribution in [0.15, 0.2) is 0 Å². The number of rotatable bonds is 28. The summed E-state index contributed by atoms with van der Waals surface area (Å²) in [6.07, 6.45) is 15.1. The molecule has 0 bridgehead atoms. The minimum atomic E-state index is -0.707. The summed E-state index contributed by atoms with van der Waals surface area (Å²) < 4.78 is 27.7. The summed E-state index contributed by atoms with van der Waals surface area (Å²) in [5.41, 5.74) is 0. The molecule has 0 saturated heterocycles. The fourth-order valence-corrected chi connectivity index (χ4v) is 3.99. The highest BCUT2D eigenvalue weighted by Crippen LogP contribution is 2.12. The molecule has 0 aliphatic heterocycles. The third-order valence-corrected chi connectivity index (χ3v) is 6.44. The third kappa shape index (κ3) is 26.6. The zero-order valence-electron chi connectivity index (χ0n) is 25.7. The number of hydrogen-bond donors (Lipinski definition) is 0. The summed E-state index contributed by atoms with van der Waals surface area (Å²) in [6.45, 7) is 10.9. The average molecular weight is 559 g/mol. The molecule has 0 fully saturated rings. The normalized spacial score (nSPS) is 12.2. The fourth-order valence-electron chi connectivity index (χ4n) is 3.99. The summed E-state index contributed by atoms with van der Waals surface area (Å²) >= 11 is 0. The molecular formula is C31H60NO7. The van der Waals surface area contributed by atoms with Gasteiger partial charge in [-0.05, 0) is 46.7 Å². The van der Waals surface area contributed by atoms with Gasteiger partial charge in [-0.25, -0.2) is 4.79 Å². The van der Waals surface area contributed by atoms with Gasteiger partial charge < -0.3 is 28.6 Å². The van der Waals surface area contributed by atoms with Crippen LogP contribution in [-0.4, -0.2) is 76.5 Å². The monoisotopic (exact) mass is 558 g/mol. The quantitative estimate of drug-likeness (QED) is 0.0555. The van der Waals surface area contributed by atoms with Gasteiger partial charge in [0, 0.05) is 32.6 Å². The number of esters is 1. The number of hydrogen-bond acceptors (Lipinski definition) is 8. The molecule has 0 saturated carbocycles. The molecule has 231 valence electrons. The van der Waals surface area contributed by atoms with Crippen LogP contribution in [0.3, 0.4) is 0 Å². The predicted molar refractivity (Wildman–Crippen MR) is 157 cm³/mol. The maximum atomic E-state index is 12.3. The van der Waals surface area contributed by atoms with E-state index < -0.39 is 12.3 Å². The van der Waals surface area contributed by atoms with Crippen LogP contribution in [0.2, 0.25) is 0 Å². The highest BCUT2D eigenvalue weighted by molar-refractivity contribution is 5.69. The van der Waals surface area contributed by atoms with E-state index >= 15 is 0 Å².